The summed E-state index contributed by atoms with van der Waals surface area (Å²) in [4.78, 5) is 0. The number of nitrogens with one attached hydrogen (secondary N) is 1. The Morgan fingerprint density at radius 1 is 1.09 bits per heavy atom. The predicted octanol–water partition coefficient (Wildman–Crippen LogP) is 5.18. The number of rotatable bonds is 6. The first kappa shape index (κ1) is 17.8. The van der Waals surface area contributed by atoms with Gasteiger partial charge in [0.1, 0.15) is 17.5 Å². The molecule has 0 radical (unpaired) electrons. The molecule has 0 aliphatic rings. The molecule has 0 amide bonds. The summed E-state index contributed by atoms with van der Waals surface area (Å²) in [5, 5.41) is 2.85. The molecule has 1 nitrogen and oxygen atoms in total. The second kappa shape index (κ2) is 7.69. The van der Waals surface area contributed by atoms with E-state index in [1.807, 2.05) is 26.8 Å². The predicted molar refractivity (Wildman–Crippen MR) is 84.6 cm³/mol. The molecule has 4 heteroatoms. The Labute approximate surface area is 129 Å². The van der Waals surface area contributed by atoms with Gasteiger partial charge in [-0.3, -0.25) is 0 Å². The van der Waals surface area contributed by atoms with Crippen molar-refractivity contribution in [2.24, 2.45) is 0 Å². The second-order valence-corrected chi connectivity index (χ2v) is 5.08. The summed E-state index contributed by atoms with van der Waals surface area (Å²) in [6, 6.07) is 1.32. The zero-order valence-electron chi connectivity index (χ0n) is 13.1. The molecule has 1 aromatic carbocycles. The molecule has 1 rings (SSSR count). The van der Waals surface area contributed by atoms with E-state index in [4.69, 9.17) is 0 Å². The first-order chi connectivity index (χ1) is 10.3. The smallest absolute Gasteiger partial charge is 0.134 e. The van der Waals surface area contributed by atoms with E-state index in [9.17, 15) is 13.2 Å². The fourth-order valence-corrected chi connectivity index (χ4v) is 1.76. The van der Waals surface area contributed by atoms with Crippen molar-refractivity contribution in [3.8, 4) is 0 Å². The average molecular weight is 307 g/mol. The fourth-order valence-electron chi connectivity index (χ4n) is 1.76. The first-order valence-electron chi connectivity index (χ1n) is 6.81. The summed E-state index contributed by atoms with van der Waals surface area (Å²) in [6.07, 6.45) is 3.66. The molecule has 0 aliphatic heterocycles. The lowest BCUT2D eigenvalue weighted by molar-refractivity contribution is 0.518. The van der Waals surface area contributed by atoms with Crippen molar-refractivity contribution in [3.63, 3.8) is 0 Å². The molecular weight excluding hydrogens is 287 g/mol. The Hall–Kier alpha value is -2.23. The van der Waals surface area contributed by atoms with Crippen molar-refractivity contribution >= 4 is 0 Å². The third kappa shape index (κ3) is 4.65. The maximum absolute atomic E-state index is 13.5. The van der Waals surface area contributed by atoms with Crippen LogP contribution in [-0.2, 0) is 6.54 Å². The number of hydrogen-bond acceptors (Lipinski definition) is 1. The van der Waals surface area contributed by atoms with Crippen molar-refractivity contribution in [3.05, 3.63) is 82.9 Å². The van der Waals surface area contributed by atoms with Crippen molar-refractivity contribution in [2.45, 2.75) is 27.3 Å². The van der Waals surface area contributed by atoms with Gasteiger partial charge < -0.3 is 5.32 Å². The molecule has 118 valence electrons. The van der Waals surface area contributed by atoms with Gasteiger partial charge in [-0.1, -0.05) is 25.3 Å². The molecule has 0 aliphatic carbocycles. The highest BCUT2D eigenvalue weighted by molar-refractivity contribution is 5.37. The van der Waals surface area contributed by atoms with Crippen LogP contribution in [-0.4, -0.2) is 0 Å². The molecule has 0 saturated carbocycles. The molecule has 0 spiro atoms. The zero-order valence-corrected chi connectivity index (χ0v) is 13.1. The minimum Gasteiger partial charge on any atom is -0.381 e. The van der Waals surface area contributed by atoms with Gasteiger partial charge in [-0.15, -0.1) is 0 Å². The minimum absolute atomic E-state index is 0.106. The van der Waals surface area contributed by atoms with Crippen LogP contribution in [0.4, 0.5) is 13.2 Å². The lowest BCUT2D eigenvalue weighted by atomic mass is 10.1. The van der Waals surface area contributed by atoms with Crippen LogP contribution in [0.5, 0.6) is 0 Å². The number of allylic oxidation sites excluding steroid dienone is 5. The Morgan fingerprint density at radius 2 is 1.64 bits per heavy atom. The molecule has 0 saturated heterocycles. The van der Waals surface area contributed by atoms with Crippen LogP contribution in [0.2, 0.25) is 0 Å². The van der Waals surface area contributed by atoms with E-state index >= 15 is 0 Å². The monoisotopic (exact) mass is 307 g/mol. The zero-order chi connectivity index (χ0) is 16.9. The molecule has 0 aromatic heterocycles. The highest BCUT2D eigenvalue weighted by atomic mass is 19.1. The topological polar surface area (TPSA) is 12.0 Å². The summed E-state index contributed by atoms with van der Waals surface area (Å²) in [6.45, 7) is 13.1. The van der Waals surface area contributed by atoms with Crippen molar-refractivity contribution < 1.29 is 13.2 Å². The lowest BCUT2D eigenvalue weighted by Crippen LogP contribution is -2.15. The molecule has 1 aromatic rings. The highest BCUT2D eigenvalue weighted by Crippen LogP contribution is 2.16. The van der Waals surface area contributed by atoms with E-state index in [2.05, 4.69) is 18.5 Å². The van der Waals surface area contributed by atoms with Crippen LogP contribution in [0.3, 0.4) is 0 Å². The summed E-state index contributed by atoms with van der Waals surface area (Å²) in [5.74, 6) is -2.77. The van der Waals surface area contributed by atoms with Crippen LogP contribution in [0.1, 0.15) is 26.3 Å². The maximum atomic E-state index is 13.5. The van der Waals surface area contributed by atoms with Crippen LogP contribution in [0.15, 0.2) is 59.9 Å². The van der Waals surface area contributed by atoms with Crippen LogP contribution < -0.4 is 5.32 Å². The van der Waals surface area contributed by atoms with E-state index in [1.54, 1.807) is 6.08 Å². The van der Waals surface area contributed by atoms with Gasteiger partial charge >= 0.3 is 0 Å². The summed E-state index contributed by atoms with van der Waals surface area (Å²) >= 11 is 0. The van der Waals surface area contributed by atoms with Gasteiger partial charge in [-0.2, -0.15) is 0 Å². The quantitative estimate of drug-likeness (QED) is 0.714. The average Bonchev–Trinajstić information content (AvgIpc) is 2.44. The minimum atomic E-state index is -0.936. The highest BCUT2D eigenvalue weighted by Gasteiger charge is 2.11. The molecule has 0 fully saturated rings. The van der Waals surface area contributed by atoms with Crippen LogP contribution >= 0.6 is 0 Å². The molecule has 0 atom stereocenters. The number of benzene rings is 1. The van der Waals surface area contributed by atoms with Gasteiger partial charge in [0.15, 0.2) is 0 Å². The third-order valence-corrected chi connectivity index (χ3v) is 3.42. The second-order valence-electron chi connectivity index (χ2n) is 5.08. The number of hydrogen-bond donors (Lipinski definition) is 1. The largest absolute Gasteiger partial charge is 0.381 e. The standard InChI is InChI=1S/C18H20F3N/c1-6-11(2)12(3)7-13(4)14(5)22-10-16-17(20)8-15(19)9-18(16)21/h6-9,22H,1,5,10H2,2-4H3/b12-11-,13-7+. The van der Waals surface area contributed by atoms with E-state index < -0.39 is 17.5 Å². The molecule has 1 N–H and O–H groups in total. The Bertz CT molecular complexity index is 631. The van der Waals surface area contributed by atoms with Gasteiger partial charge in [0, 0.05) is 29.9 Å². The fraction of sp³-hybridized carbons (Fsp3) is 0.222. The van der Waals surface area contributed by atoms with Gasteiger partial charge in [0.25, 0.3) is 0 Å². The van der Waals surface area contributed by atoms with Gasteiger partial charge in [0.2, 0.25) is 0 Å². The molecular formula is C18H20F3N. The van der Waals surface area contributed by atoms with E-state index in [-0.39, 0.29) is 12.1 Å². The summed E-state index contributed by atoms with van der Waals surface area (Å²) in [7, 11) is 0. The van der Waals surface area contributed by atoms with E-state index in [0.717, 1.165) is 16.7 Å². The van der Waals surface area contributed by atoms with Gasteiger partial charge in [0.05, 0.1) is 0 Å². The first-order valence-corrected chi connectivity index (χ1v) is 6.81. The normalized spacial score (nSPS) is 12.7. The molecule has 22 heavy (non-hydrogen) atoms. The summed E-state index contributed by atoms with van der Waals surface area (Å²) < 4.78 is 39.9. The Kier molecular flexibility index (Phi) is 6.23. The van der Waals surface area contributed by atoms with Crippen LogP contribution in [0.25, 0.3) is 0 Å². The van der Waals surface area contributed by atoms with E-state index in [0.29, 0.717) is 17.8 Å². The van der Waals surface area contributed by atoms with Crippen molar-refractivity contribution in [1.82, 2.24) is 5.32 Å². The van der Waals surface area contributed by atoms with Crippen molar-refractivity contribution in [1.29, 1.82) is 0 Å². The Morgan fingerprint density at radius 3 is 2.14 bits per heavy atom. The van der Waals surface area contributed by atoms with Gasteiger partial charge in [-0.05, 0) is 37.5 Å². The Balaban J connectivity index is 2.83. The lowest BCUT2D eigenvalue weighted by Gasteiger charge is -2.12. The molecule has 0 unspecified atom stereocenters. The van der Waals surface area contributed by atoms with E-state index in [1.165, 1.54) is 0 Å². The molecule has 0 bridgehead atoms. The maximum Gasteiger partial charge on any atom is 0.134 e. The SMILES string of the molecule is C=C/C(C)=C(C)\C=C(/C)C(=C)NCc1c(F)cc(F)cc1F. The van der Waals surface area contributed by atoms with Crippen LogP contribution in [0, 0.1) is 17.5 Å². The summed E-state index contributed by atoms with van der Waals surface area (Å²) in [5.41, 5.74) is 3.21. The third-order valence-electron chi connectivity index (χ3n) is 3.42. The van der Waals surface area contributed by atoms with Crippen molar-refractivity contribution in [2.75, 3.05) is 0 Å². The number of halogens is 3. The molecule has 0 heterocycles. The van der Waals surface area contributed by atoms with Gasteiger partial charge in [-0.25, -0.2) is 13.2 Å².